The quantitative estimate of drug-likeness (QED) is 0.556. The molecule has 1 heterocycles. The molecule has 2 aromatic carbocycles. The first kappa shape index (κ1) is 22.2. The summed E-state index contributed by atoms with van der Waals surface area (Å²) in [5.74, 6) is 0.393. The summed E-state index contributed by atoms with van der Waals surface area (Å²) in [6, 6.07) is 13.2. The third-order valence-electron chi connectivity index (χ3n) is 5.03. The van der Waals surface area contributed by atoms with Crippen molar-refractivity contribution in [1.82, 2.24) is 4.90 Å². The lowest BCUT2D eigenvalue weighted by atomic mass is 9.88. The molecule has 30 heavy (non-hydrogen) atoms. The minimum absolute atomic E-state index is 0.0246. The van der Waals surface area contributed by atoms with E-state index >= 15 is 0 Å². The van der Waals surface area contributed by atoms with Crippen molar-refractivity contribution >= 4 is 5.78 Å². The maximum atomic E-state index is 12.7. The maximum absolute atomic E-state index is 12.7. The number of benzene rings is 2. The van der Waals surface area contributed by atoms with Crippen LogP contribution in [0.1, 0.15) is 42.6 Å². The van der Waals surface area contributed by atoms with Crippen molar-refractivity contribution in [3.8, 4) is 11.5 Å². The van der Waals surface area contributed by atoms with Crippen LogP contribution in [0.3, 0.4) is 0 Å². The van der Waals surface area contributed by atoms with Crippen molar-refractivity contribution in [1.29, 1.82) is 0 Å². The average Bonchev–Trinajstić information content (AvgIpc) is 2.68. The van der Waals surface area contributed by atoms with Crippen LogP contribution in [0.25, 0.3) is 0 Å². The van der Waals surface area contributed by atoms with Gasteiger partial charge in [0.25, 0.3) is 0 Å². The van der Waals surface area contributed by atoms with E-state index in [9.17, 15) is 18.0 Å². The zero-order valence-electron chi connectivity index (χ0n) is 17.1. The fraction of sp³-hybridized carbons (Fsp3) is 0.435. The number of carbonyl (C=O) groups is 1. The topological polar surface area (TPSA) is 38.8 Å². The molecule has 3 rings (SSSR count). The Hall–Kier alpha value is -2.54. The van der Waals surface area contributed by atoms with E-state index in [-0.39, 0.29) is 23.6 Å². The van der Waals surface area contributed by atoms with E-state index in [1.54, 1.807) is 0 Å². The number of alkyl halides is 3. The largest absolute Gasteiger partial charge is 0.573 e. The van der Waals surface area contributed by atoms with Gasteiger partial charge in [-0.05, 0) is 81.7 Å². The summed E-state index contributed by atoms with van der Waals surface area (Å²) in [5.41, 5.74) is 1.61. The van der Waals surface area contributed by atoms with Crippen LogP contribution < -0.4 is 9.47 Å². The second-order valence-electron chi connectivity index (χ2n) is 7.80. The van der Waals surface area contributed by atoms with Crippen LogP contribution in [0.5, 0.6) is 11.5 Å². The molecule has 2 aromatic rings. The van der Waals surface area contributed by atoms with E-state index < -0.39 is 6.36 Å². The first-order chi connectivity index (χ1) is 14.2. The molecule has 0 aliphatic carbocycles. The third-order valence-corrected chi connectivity index (χ3v) is 5.03. The molecule has 0 amide bonds. The summed E-state index contributed by atoms with van der Waals surface area (Å²) in [7, 11) is 0. The smallest absolute Gasteiger partial charge is 0.491 e. The molecule has 162 valence electrons. The Kier molecular flexibility index (Phi) is 7.02. The standard InChI is InChI=1S/C23H26F3NO3/c1-16(2)29-20-7-3-17(4-8-20)15-27-13-11-19(12-14-27)22(28)18-5-9-21(10-6-18)30-23(24,25)26/h3-10,16,19H,11-15H2,1-2H3. The Morgan fingerprint density at radius 3 is 2.10 bits per heavy atom. The van der Waals surface area contributed by atoms with Crippen LogP contribution in [0, 0.1) is 5.92 Å². The highest BCUT2D eigenvalue weighted by molar-refractivity contribution is 5.98. The number of Topliss-reactive ketones (excluding diaryl/α,β-unsaturated/α-hetero) is 1. The number of ether oxygens (including phenoxy) is 2. The van der Waals surface area contributed by atoms with Gasteiger partial charge in [-0.1, -0.05) is 12.1 Å². The molecule has 1 saturated heterocycles. The Morgan fingerprint density at radius 1 is 1.00 bits per heavy atom. The number of likely N-dealkylation sites (tertiary alicyclic amines) is 1. The molecule has 1 aliphatic heterocycles. The molecule has 1 aliphatic rings. The molecule has 0 spiro atoms. The predicted molar refractivity (Wildman–Crippen MR) is 108 cm³/mol. The average molecular weight is 421 g/mol. The second-order valence-corrected chi connectivity index (χ2v) is 7.80. The van der Waals surface area contributed by atoms with Crippen molar-refractivity contribution in [3.05, 3.63) is 59.7 Å². The number of rotatable bonds is 7. The molecule has 0 unspecified atom stereocenters. The number of nitrogens with zero attached hydrogens (tertiary/aromatic N) is 1. The first-order valence-electron chi connectivity index (χ1n) is 10.1. The lowest BCUT2D eigenvalue weighted by Gasteiger charge is -2.31. The molecule has 0 bridgehead atoms. The van der Waals surface area contributed by atoms with E-state index in [1.807, 2.05) is 26.0 Å². The minimum atomic E-state index is -4.74. The zero-order valence-corrected chi connectivity index (χ0v) is 17.1. The summed E-state index contributed by atoms with van der Waals surface area (Å²) >= 11 is 0. The molecule has 0 radical (unpaired) electrons. The summed E-state index contributed by atoms with van der Waals surface area (Å²) < 4.78 is 46.3. The Bertz CT molecular complexity index is 824. The van der Waals surface area contributed by atoms with Crippen LogP contribution in [0.4, 0.5) is 13.2 Å². The van der Waals surface area contributed by atoms with Crippen LogP contribution in [-0.2, 0) is 6.54 Å². The van der Waals surface area contributed by atoms with Gasteiger partial charge in [-0.25, -0.2) is 0 Å². The lowest BCUT2D eigenvalue weighted by molar-refractivity contribution is -0.274. The highest BCUT2D eigenvalue weighted by Crippen LogP contribution is 2.26. The number of ketones is 1. The van der Waals surface area contributed by atoms with Crippen molar-refractivity contribution in [2.24, 2.45) is 5.92 Å². The van der Waals surface area contributed by atoms with Gasteiger partial charge in [-0.2, -0.15) is 0 Å². The lowest BCUT2D eigenvalue weighted by Crippen LogP contribution is -2.35. The van der Waals surface area contributed by atoms with Gasteiger partial charge in [0.1, 0.15) is 11.5 Å². The highest BCUT2D eigenvalue weighted by atomic mass is 19.4. The zero-order chi connectivity index (χ0) is 21.7. The summed E-state index contributed by atoms with van der Waals surface area (Å²) in [6.45, 7) is 6.40. The molecule has 1 fully saturated rings. The molecule has 4 nitrogen and oxygen atoms in total. The van der Waals surface area contributed by atoms with Crippen LogP contribution in [0.2, 0.25) is 0 Å². The maximum Gasteiger partial charge on any atom is 0.573 e. The van der Waals surface area contributed by atoms with Crippen molar-refractivity contribution < 1.29 is 27.4 Å². The second kappa shape index (κ2) is 9.51. The van der Waals surface area contributed by atoms with Crippen molar-refractivity contribution in [2.75, 3.05) is 13.1 Å². The molecule has 0 atom stereocenters. The van der Waals surface area contributed by atoms with E-state index in [2.05, 4.69) is 21.8 Å². The van der Waals surface area contributed by atoms with E-state index in [1.165, 1.54) is 29.8 Å². The molecule has 0 N–H and O–H groups in total. The predicted octanol–water partition coefficient (Wildman–Crippen LogP) is 5.47. The SMILES string of the molecule is CC(C)Oc1ccc(CN2CCC(C(=O)c3ccc(OC(F)(F)F)cc3)CC2)cc1. The number of piperidine rings is 1. The van der Waals surface area contributed by atoms with E-state index in [4.69, 9.17) is 4.74 Å². The van der Waals surface area contributed by atoms with Gasteiger partial charge < -0.3 is 9.47 Å². The Balaban J connectivity index is 1.49. The van der Waals surface area contributed by atoms with Crippen LogP contribution in [0.15, 0.2) is 48.5 Å². The summed E-state index contributed by atoms with van der Waals surface area (Å²) in [5, 5.41) is 0. The first-order valence-corrected chi connectivity index (χ1v) is 10.1. The summed E-state index contributed by atoms with van der Waals surface area (Å²) in [6.07, 6.45) is -3.14. The van der Waals surface area contributed by atoms with Gasteiger partial charge >= 0.3 is 6.36 Å². The van der Waals surface area contributed by atoms with Crippen molar-refractivity contribution in [3.63, 3.8) is 0 Å². The van der Waals surface area contributed by atoms with Crippen molar-refractivity contribution in [2.45, 2.75) is 45.7 Å². The monoisotopic (exact) mass is 421 g/mol. The molecular formula is C23H26F3NO3. The normalized spacial score (nSPS) is 15.9. The van der Waals surface area contributed by atoms with Gasteiger partial charge in [-0.15, -0.1) is 13.2 Å². The number of halogens is 3. The molecule has 0 saturated carbocycles. The van der Waals surface area contributed by atoms with E-state index in [0.717, 1.165) is 38.2 Å². The van der Waals surface area contributed by atoms with Gasteiger partial charge in [0.05, 0.1) is 6.10 Å². The number of carbonyl (C=O) groups excluding carboxylic acids is 1. The van der Waals surface area contributed by atoms with Crippen LogP contribution >= 0.6 is 0 Å². The molecular weight excluding hydrogens is 395 g/mol. The fourth-order valence-electron chi connectivity index (χ4n) is 3.61. The van der Waals surface area contributed by atoms with Gasteiger partial charge in [0, 0.05) is 18.0 Å². The molecule has 7 heteroatoms. The van der Waals surface area contributed by atoms with Gasteiger partial charge in [-0.3, -0.25) is 9.69 Å². The van der Waals surface area contributed by atoms with Crippen LogP contribution in [-0.4, -0.2) is 36.2 Å². The fourth-order valence-corrected chi connectivity index (χ4v) is 3.61. The Labute approximate surface area is 174 Å². The van der Waals surface area contributed by atoms with Gasteiger partial charge in [0.15, 0.2) is 5.78 Å². The third kappa shape index (κ3) is 6.49. The van der Waals surface area contributed by atoms with Gasteiger partial charge in [0.2, 0.25) is 0 Å². The molecule has 0 aromatic heterocycles. The number of hydrogen-bond donors (Lipinski definition) is 0. The number of hydrogen-bond acceptors (Lipinski definition) is 4. The minimum Gasteiger partial charge on any atom is -0.491 e. The Morgan fingerprint density at radius 2 is 1.57 bits per heavy atom. The highest BCUT2D eigenvalue weighted by Gasteiger charge is 2.31. The summed E-state index contributed by atoms with van der Waals surface area (Å²) in [4.78, 5) is 15.0. The van der Waals surface area contributed by atoms with E-state index in [0.29, 0.717) is 5.56 Å².